The van der Waals surface area contributed by atoms with Crippen molar-refractivity contribution >= 4 is 28.5 Å². The number of hydrogen-bond acceptors (Lipinski definition) is 4. The van der Waals surface area contributed by atoms with Crippen LogP contribution in [-0.2, 0) is 7.05 Å². The van der Waals surface area contributed by atoms with Gasteiger partial charge in [-0.05, 0) is 25.1 Å². The van der Waals surface area contributed by atoms with Crippen molar-refractivity contribution in [3.8, 4) is 0 Å². The second-order valence-corrected chi connectivity index (χ2v) is 7.16. The summed E-state index contributed by atoms with van der Waals surface area (Å²) in [5.41, 5.74) is 2.05. The zero-order chi connectivity index (χ0) is 19.3. The van der Waals surface area contributed by atoms with Crippen molar-refractivity contribution in [3.63, 3.8) is 0 Å². The summed E-state index contributed by atoms with van der Waals surface area (Å²) >= 11 is 6.00. The number of rotatable bonds is 4. The van der Waals surface area contributed by atoms with Gasteiger partial charge in [0.2, 0.25) is 0 Å². The molecule has 0 unspecified atom stereocenters. The van der Waals surface area contributed by atoms with Gasteiger partial charge in [0, 0.05) is 24.7 Å². The Morgan fingerprint density at radius 3 is 2.74 bits per heavy atom. The fourth-order valence-electron chi connectivity index (χ4n) is 3.14. The van der Waals surface area contributed by atoms with Gasteiger partial charge in [-0.2, -0.15) is 0 Å². The summed E-state index contributed by atoms with van der Waals surface area (Å²) in [6.07, 6.45) is 2.47. The largest absolute Gasteiger partial charge is 0.340 e. The zero-order valence-corrected chi connectivity index (χ0v) is 15.3. The van der Waals surface area contributed by atoms with Crippen LogP contribution in [0.15, 0.2) is 30.6 Å². The Labute approximate surface area is 158 Å². The molecule has 2 heterocycles. The number of benzene rings is 1. The van der Waals surface area contributed by atoms with Crippen LogP contribution in [0.2, 0.25) is 5.02 Å². The number of aryl methyl sites for hydroxylation is 2. The molecular weight excluding hydrogens is 376 g/mol. The smallest absolute Gasteiger partial charge is 0.272 e. The van der Waals surface area contributed by atoms with Crippen LogP contribution in [0.25, 0.3) is 11.0 Å². The van der Waals surface area contributed by atoms with Crippen molar-refractivity contribution in [1.29, 1.82) is 0 Å². The monoisotopic (exact) mass is 391 g/mol. The fourth-order valence-corrected chi connectivity index (χ4v) is 3.30. The van der Waals surface area contributed by atoms with Gasteiger partial charge >= 0.3 is 0 Å². The Bertz CT molecular complexity index is 1030. The first-order valence-corrected chi connectivity index (χ1v) is 8.73. The molecule has 9 heteroatoms. The molecule has 1 N–H and O–H groups in total. The van der Waals surface area contributed by atoms with Crippen molar-refractivity contribution in [1.82, 2.24) is 24.8 Å². The van der Waals surface area contributed by atoms with Gasteiger partial charge in [0.1, 0.15) is 11.5 Å². The molecule has 0 radical (unpaired) electrons. The molecule has 1 aromatic carbocycles. The van der Waals surface area contributed by atoms with Crippen LogP contribution in [0.1, 0.15) is 34.5 Å². The maximum Gasteiger partial charge on any atom is 0.272 e. The predicted octanol–water partition coefficient (Wildman–Crippen LogP) is 3.45. The molecule has 140 valence electrons. The van der Waals surface area contributed by atoms with E-state index in [1.807, 2.05) is 0 Å². The van der Waals surface area contributed by atoms with Crippen LogP contribution in [0.5, 0.6) is 0 Å². The van der Waals surface area contributed by atoms with Crippen molar-refractivity contribution in [2.45, 2.75) is 25.3 Å². The highest BCUT2D eigenvalue weighted by molar-refractivity contribution is 6.31. The molecule has 0 saturated heterocycles. The number of fused-ring (bicyclic) bond motifs is 1. The third-order valence-electron chi connectivity index (χ3n) is 4.73. The number of halogens is 3. The molecule has 0 bridgehead atoms. The number of carbonyl (C=O) groups is 1. The molecule has 0 spiro atoms. The molecule has 6 nitrogen and oxygen atoms in total. The number of alkyl halides is 2. The first-order valence-electron chi connectivity index (χ1n) is 8.35. The molecule has 3 aromatic rings. The minimum absolute atomic E-state index is 0.0661. The Morgan fingerprint density at radius 2 is 2.11 bits per heavy atom. The molecule has 27 heavy (non-hydrogen) atoms. The summed E-state index contributed by atoms with van der Waals surface area (Å²) in [5, 5.41) is 3.16. The summed E-state index contributed by atoms with van der Waals surface area (Å²) < 4.78 is 29.4. The number of nitrogens with zero attached hydrogens (tertiary/aromatic N) is 4. The number of aromatic nitrogens is 4. The Balaban J connectivity index is 1.71. The Kier molecular flexibility index (Phi) is 4.10. The van der Waals surface area contributed by atoms with Crippen LogP contribution < -0.4 is 5.32 Å². The average Bonchev–Trinajstić information content (AvgIpc) is 3.13. The third kappa shape index (κ3) is 3.25. The van der Waals surface area contributed by atoms with Gasteiger partial charge in [0.05, 0.1) is 34.9 Å². The van der Waals surface area contributed by atoms with E-state index in [1.165, 1.54) is 12.4 Å². The van der Waals surface area contributed by atoms with Gasteiger partial charge < -0.3 is 9.88 Å². The zero-order valence-electron chi connectivity index (χ0n) is 14.6. The fraction of sp³-hybridized carbons (Fsp3) is 0.333. The molecular formula is C18H16ClF2N5O. The highest BCUT2D eigenvalue weighted by Crippen LogP contribution is 2.55. The Morgan fingerprint density at radius 1 is 1.37 bits per heavy atom. The minimum Gasteiger partial charge on any atom is -0.340 e. The molecule has 1 fully saturated rings. The third-order valence-corrected chi connectivity index (χ3v) is 4.97. The summed E-state index contributed by atoms with van der Waals surface area (Å²) in [5.74, 6) is -4.08. The summed E-state index contributed by atoms with van der Waals surface area (Å²) in [4.78, 5) is 25.0. The highest BCUT2D eigenvalue weighted by Gasteiger charge is 2.62. The second kappa shape index (κ2) is 6.23. The van der Waals surface area contributed by atoms with Gasteiger partial charge in [0.25, 0.3) is 11.8 Å². The molecule has 0 aliphatic heterocycles. The van der Waals surface area contributed by atoms with E-state index in [-0.39, 0.29) is 12.1 Å². The summed E-state index contributed by atoms with van der Waals surface area (Å²) in [6, 6.07) is 4.18. The lowest BCUT2D eigenvalue weighted by Gasteiger charge is -2.18. The first-order chi connectivity index (χ1) is 12.8. The van der Waals surface area contributed by atoms with E-state index in [1.54, 1.807) is 36.7 Å². The molecule has 1 aliphatic rings. The van der Waals surface area contributed by atoms with Gasteiger partial charge in [-0.1, -0.05) is 11.6 Å². The van der Waals surface area contributed by atoms with Crippen LogP contribution in [0.3, 0.4) is 0 Å². The second-order valence-electron chi connectivity index (χ2n) is 6.73. The van der Waals surface area contributed by atoms with Crippen LogP contribution in [0.4, 0.5) is 8.78 Å². The topological polar surface area (TPSA) is 72.7 Å². The van der Waals surface area contributed by atoms with E-state index in [9.17, 15) is 13.6 Å². The van der Waals surface area contributed by atoms with E-state index >= 15 is 0 Å². The van der Waals surface area contributed by atoms with E-state index < -0.39 is 23.8 Å². The Hall–Kier alpha value is -2.61. The number of carbonyl (C=O) groups excluding carboxylic acids is 1. The molecule has 2 aromatic heterocycles. The summed E-state index contributed by atoms with van der Waals surface area (Å²) in [7, 11) is 1.73. The van der Waals surface area contributed by atoms with Crippen molar-refractivity contribution in [3.05, 3.63) is 52.8 Å². The average molecular weight is 392 g/mol. The standard InChI is InChI=1S/C18H16ClF2N5O/c1-9-7-23-13(8-22-9)17(27)25-15(11-6-18(11,20)21)16-24-12-5-10(19)3-4-14(12)26(16)2/h3-5,7-8,11,15H,6H2,1-2H3,(H,25,27)/t11-,15-/m0/s1. The molecule has 2 atom stereocenters. The van der Waals surface area contributed by atoms with Crippen molar-refractivity contribution < 1.29 is 13.6 Å². The van der Waals surface area contributed by atoms with E-state index in [0.717, 1.165) is 5.52 Å². The lowest BCUT2D eigenvalue weighted by Crippen LogP contribution is -2.33. The summed E-state index contributed by atoms with van der Waals surface area (Å²) in [6.45, 7) is 1.74. The number of imidazole rings is 1. The molecule has 1 aliphatic carbocycles. The van der Waals surface area contributed by atoms with E-state index in [4.69, 9.17) is 11.6 Å². The molecule has 1 saturated carbocycles. The van der Waals surface area contributed by atoms with Crippen molar-refractivity contribution in [2.24, 2.45) is 13.0 Å². The number of amides is 1. The van der Waals surface area contributed by atoms with Gasteiger partial charge in [-0.15, -0.1) is 0 Å². The minimum atomic E-state index is -2.84. The predicted molar refractivity (Wildman–Crippen MR) is 95.8 cm³/mol. The van der Waals surface area contributed by atoms with Crippen LogP contribution in [-0.4, -0.2) is 31.3 Å². The molecule has 4 rings (SSSR count). The van der Waals surface area contributed by atoms with Gasteiger partial charge in [-0.3, -0.25) is 9.78 Å². The van der Waals surface area contributed by atoms with Crippen LogP contribution in [0, 0.1) is 12.8 Å². The SMILES string of the molecule is Cc1cnc(C(=O)N[C@H](c2nc3cc(Cl)ccc3n2C)[C@@H]2CC2(F)F)cn1. The maximum atomic E-state index is 13.9. The quantitative estimate of drug-likeness (QED) is 0.739. The highest BCUT2D eigenvalue weighted by atomic mass is 35.5. The lowest BCUT2D eigenvalue weighted by atomic mass is 10.1. The lowest BCUT2D eigenvalue weighted by molar-refractivity contribution is 0.0799. The van der Waals surface area contributed by atoms with E-state index in [2.05, 4.69) is 20.3 Å². The van der Waals surface area contributed by atoms with E-state index in [0.29, 0.717) is 22.1 Å². The van der Waals surface area contributed by atoms with Gasteiger partial charge in [0.15, 0.2) is 0 Å². The normalized spacial score (nSPS) is 19.1. The number of hydrogen-bond donors (Lipinski definition) is 1. The first kappa shape index (κ1) is 17.8. The van der Waals surface area contributed by atoms with Crippen LogP contribution >= 0.6 is 11.6 Å². The van der Waals surface area contributed by atoms with Crippen molar-refractivity contribution in [2.75, 3.05) is 0 Å². The van der Waals surface area contributed by atoms with Gasteiger partial charge in [-0.25, -0.2) is 18.7 Å². The molecule has 1 amide bonds. The maximum absolute atomic E-state index is 13.9. The number of nitrogens with one attached hydrogen (secondary N) is 1.